The Kier molecular flexibility index (Phi) is 3.35. The zero-order valence-electron chi connectivity index (χ0n) is 12.2. The maximum absolute atomic E-state index is 4.78. The summed E-state index contributed by atoms with van der Waals surface area (Å²) in [6.07, 6.45) is 0.914. The van der Waals surface area contributed by atoms with E-state index in [2.05, 4.69) is 68.6 Å². The van der Waals surface area contributed by atoms with Crippen LogP contribution in [0.4, 0.5) is 0 Å². The smallest absolute Gasteiger partial charge is 0.0982 e. The third-order valence-electron chi connectivity index (χ3n) is 3.39. The molecule has 0 amide bonds. The van der Waals surface area contributed by atoms with E-state index in [4.69, 9.17) is 4.98 Å². The highest BCUT2D eigenvalue weighted by Crippen LogP contribution is 2.26. The highest BCUT2D eigenvalue weighted by atomic mass is 32.1. The van der Waals surface area contributed by atoms with Crippen molar-refractivity contribution in [1.82, 2.24) is 4.98 Å². The molecule has 0 saturated carbocycles. The van der Waals surface area contributed by atoms with E-state index in [1.165, 1.54) is 27.0 Å². The predicted octanol–water partition coefficient (Wildman–Crippen LogP) is 5.18. The second-order valence-electron chi connectivity index (χ2n) is 6.25. The van der Waals surface area contributed by atoms with Crippen LogP contribution in [0.2, 0.25) is 0 Å². The van der Waals surface area contributed by atoms with E-state index in [-0.39, 0.29) is 5.41 Å². The zero-order chi connectivity index (χ0) is 14.2. The van der Waals surface area contributed by atoms with Gasteiger partial charge in [-0.05, 0) is 16.3 Å². The topological polar surface area (TPSA) is 12.9 Å². The summed E-state index contributed by atoms with van der Waals surface area (Å²) in [5, 5.41) is 6.00. The highest BCUT2D eigenvalue weighted by molar-refractivity contribution is 7.09. The molecule has 2 aromatic carbocycles. The van der Waals surface area contributed by atoms with Crippen molar-refractivity contribution in [1.29, 1.82) is 0 Å². The normalized spacial score (nSPS) is 11.9. The van der Waals surface area contributed by atoms with Gasteiger partial charge in [-0.15, -0.1) is 11.3 Å². The number of thiazole rings is 1. The van der Waals surface area contributed by atoms with Gasteiger partial charge in [-0.1, -0.05) is 63.2 Å². The van der Waals surface area contributed by atoms with Gasteiger partial charge < -0.3 is 0 Å². The molecule has 1 heterocycles. The van der Waals surface area contributed by atoms with E-state index in [1.807, 2.05) is 0 Å². The zero-order valence-corrected chi connectivity index (χ0v) is 13.0. The second-order valence-corrected chi connectivity index (χ2v) is 7.11. The lowest BCUT2D eigenvalue weighted by Crippen LogP contribution is -2.10. The summed E-state index contributed by atoms with van der Waals surface area (Å²) in [5.74, 6) is 0. The Morgan fingerprint density at radius 1 is 1.00 bits per heavy atom. The molecular weight excluding hydrogens is 262 g/mol. The van der Waals surface area contributed by atoms with Crippen molar-refractivity contribution in [2.24, 2.45) is 0 Å². The van der Waals surface area contributed by atoms with Gasteiger partial charge in [0.15, 0.2) is 0 Å². The summed E-state index contributed by atoms with van der Waals surface area (Å²) < 4.78 is 0. The summed E-state index contributed by atoms with van der Waals surface area (Å²) in [5.41, 5.74) is 2.65. The van der Waals surface area contributed by atoms with Gasteiger partial charge in [0, 0.05) is 17.2 Å². The van der Waals surface area contributed by atoms with Gasteiger partial charge in [0.1, 0.15) is 0 Å². The summed E-state index contributed by atoms with van der Waals surface area (Å²) >= 11 is 1.77. The standard InChI is InChI=1S/C18H19NS/c1-18(2,3)17-19-16(12-20-17)11-13-8-9-14-6-4-5-7-15(14)10-13/h4-10,12H,11H2,1-3H3. The van der Waals surface area contributed by atoms with Crippen LogP contribution in [0, 0.1) is 0 Å². The minimum Gasteiger partial charge on any atom is -0.245 e. The number of nitrogens with zero attached hydrogens (tertiary/aromatic N) is 1. The molecule has 1 nitrogen and oxygen atoms in total. The number of hydrogen-bond acceptors (Lipinski definition) is 2. The molecule has 0 N–H and O–H groups in total. The number of fused-ring (bicyclic) bond motifs is 1. The maximum atomic E-state index is 4.78. The average Bonchev–Trinajstić information content (AvgIpc) is 2.87. The van der Waals surface area contributed by atoms with Crippen LogP contribution in [-0.4, -0.2) is 4.98 Å². The summed E-state index contributed by atoms with van der Waals surface area (Å²) in [7, 11) is 0. The van der Waals surface area contributed by atoms with Crippen LogP contribution in [0.25, 0.3) is 10.8 Å². The van der Waals surface area contributed by atoms with Crippen LogP contribution in [0.1, 0.15) is 37.0 Å². The van der Waals surface area contributed by atoms with Crippen molar-refractivity contribution >= 4 is 22.1 Å². The molecule has 0 bridgehead atoms. The first kappa shape index (κ1) is 13.3. The van der Waals surface area contributed by atoms with Crippen LogP contribution in [-0.2, 0) is 11.8 Å². The monoisotopic (exact) mass is 281 g/mol. The first-order chi connectivity index (χ1) is 9.52. The Hall–Kier alpha value is -1.67. The fourth-order valence-corrected chi connectivity index (χ4v) is 3.20. The number of hydrogen-bond donors (Lipinski definition) is 0. The molecule has 0 unspecified atom stereocenters. The first-order valence-corrected chi connectivity index (χ1v) is 7.83. The maximum Gasteiger partial charge on any atom is 0.0982 e. The molecule has 0 saturated heterocycles. The molecule has 20 heavy (non-hydrogen) atoms. The molecule has 0 radical (unpaired) electrons. The average molecular weight is 281 g/mol. The van der Waals surface area contributed by atoms with Gasteiger partial charge in [-0.3, -0.25) is 0 Å². The quantitative estimate of drug-likeness (QED) is 0.630. The lowest BCUT2D eigenvalue weighted by atomic mass is 9.98. The van der Waals surface area contributed by atoms with Crippen molar-refractivity contribution in [3.8, 4) is 0 Å². The molecule has 0 aliphatic heterocycles. The van der Waals surface area contributed by atoms with Gasteiger partial charge in [-0.25, -0.2) is 4.98 Å². The molecule has 3 rings (SSSR count). The molecule has 0 spiro atoms. The molecule has 1 aromatic heterocycles. The van der Waals surface area contributed by atoms with Gasteiger partial charge in [0.25, 0.3) is 0 Å². The van der Waals surface area contributed by atoms with Crippen molar-refractivity contribution < 1.29 is 0 Å². The van der Waals surface area contributed by atoms with Gasteiger partial charge in [0.05, 0.1) is 10.7 Å². The largest absolute Gasteiger partial charge is 0.245 e. The van der Waals surface area contributed by atoms with Crippen LogP contribution in [0.3, 0.4) is 0 Å². The van der Waals surface area contributed by atoms with Gasteiger partial charge >= 0.3 is 0 Å². The Balaban J connectivity index is 1.87. The lowest BCUT2D eigenvalue weighted by Gasteiger charge is -2.13. The van der Waals surface area contributed by atoms with E-state index in [0.717, 1.165) is 6.42 Å². The Bertz CT molecular complexity index is 734. The number of aromatic nitrogens is 1. The summed E-state index contributed by atoms with van der Waals surface area (Å²) in [6.45, 7) is 6.64. The van der Waals surface area contributed by atoms with Crippen LogP contribution < -0.4 is 0 Å². The van der Waals surface area contributed by atoms with Gasteiger partial charge in [0.2, 0.25) is 0 Å². The van der Waals surface area contributed by atoms with E-state index >= 15 is 0 Å². The third-order valence-corrected chi connectivity index (χ3v) is 4.71. The lowest BCUT2D eigenvalue weighted by molar-refractivity contribution is 0.583. The number of rotatable bonds is 2. The molecule has 0 aliphatic carbocycles. The Morgan fingerprint density at radius 3 is 2.45 bits per heavy atom. The van der Waals surface area contributed by atoms with E-state index < -0.39 is 0 Å². The van der Waals surface area contributed by atoms with Crippen LogP contribution in [0.5, 0.6) is 0 Å². The third kappa shape index (κ3) is 2.75. The fourth-order valence-electron chi connectivity index (χ4n) is 2.29. The minimum absolute atomic E-state index is 0.145. The first-order valence-electron chi connectivity index (χ1n) is 6.95. The second kappa shape index (κ2) is 5.02. The van der Waals surface area contributed by atoms with E-state index in [9.17, 15) is 0 Å². The Morgan fingerprint density at radius 2 is 1.75 bits per heavy atom. The van der Waals surface area contributed by atoms with Crippen molar-refractivity contribution in [3.63, 3.8) is 0 Å². The van der Waals surface area contributed by atoms with Crippen molar-refractivity contribution in [2.75, 3.05) is 0 Å². The summed E-state index contributed by atoms with van der Waals surface area (Å²) in [6, 6.07) is 15.2. The number of benzene rings is 2. The molecule has 0 aliphatic rings. The van der Waals surface area contributed by atoms with Crippen molar-refractivity contribution in [2.45, 2.75) is 32.6 Å². The van der Waals surface area contributed by atoms with Crippen LogP contribution in [0.15, 0.2) is 47.8 Å². The SMILES string of the molecule is CC(C)(C)c1nc(Cc2ccc3ccccc3c2)cs1. The fraction of sp³-hybridized carbons (Fsp3) is 0.278. The molecule has 0 fully saturated rings. The van der Waals surface area contributed by atoms with E-state index in [0.29, 0.717) is 0 Å². The van der Waals surface area contributed by atoms with Gasteiger partial charge in [-0.2, -0.15) is 0 Å². The molecule has 3 aromatic rings. The van der Waals surface area contributed by atoms with Crippen LogP contribution >= 0.6 is 11.3 Å². The molecule has 0 atom stereocenters. The highest BCUT2D eigenvalue weighted by Gasteiger charge is 2.17. The Labute approximate surface area is 124 Å². The minimum atomic E-state index is 0.145. The summed E-state index contributed by atoms with van der Waals surface area (Å²) in [4.78, 5) is 4.78. The predicted molar refractivity (Wildman–Crippen MR) is 87.6 cm³/mol. The molecule has 102 valence electrons. The molecule has 2 heteroatoms. The molecular formula is C18H19NS. The van der Waals surface area contributed by atoms with Crippen molar-refractivity contribution in [3.05, 3.63) is 64.1 Å². The van der Waals surface area contributed by atoms with E-state index in [1.54, 1.807) is 11.3 Å².